The summed E-state index contributed by atoms with van der Waals surface area (Å²) >= 11 is 5.70. The van der Waals surface area contributed by atoms with E-state index in [2.05, 4.69) is 4.74 Å². The molecule has 0 heterocycles. The molecule has 0 fully saturated rings. The van der Waals surface area contributed by atoms with Crippen molar-refractivity contribution in [1.82, 2.24) is 0 Å². The summed E-state index contributed by atoms with van der Waals surface area (Å²) in [6.07, 6.45) is 0. The fraction of sp³-hybridized carbons (Fsp3) is 0.125. The number of aromatic hydroxyl groups is 1. The van der Waals surface area contributed by atoms with Gasteiger partial charge in [-0.2, -0.15) is 0 Å². The van der Waals surface area contributed by atoms with Crippen molar-refractivity contribution in [1.29, 1.82) is 0 Å². The minimum Gasteiger partial charge on any atom is -0.507 e. The van der Waals surface area contributed by atoms with Crippen LogP contribution in [0.15, 0.2) is 42.5 Å². The highest BCUT2D eigenvalue weighted by Crippen LogP contribution is 2.22. The van der Waals surface area contributed by atoms with Crippen LogP contribution in [-0.4, -0.2) is 24.2 Å². The molecule has 0 unspecified atom stereocenters. The van der Waals surface area contributed by atoms with Gasteiger partial charge in [-0.25, -0.2) is 9.59 Å². The van der Waals surface area contributed by atoms with Gasteiger partial charge < -0.3 is 14.6 Å². The summed E-state index contributed by atoms with van der Waals surface area (Å²) in [5, 5.41) is 9.97. The van der Waals surface area contributed by atoms with Crippen LogP contribution in [0.1, 0.15) is 26.3 Å². The van der Waals surface area contributed by atoms with Crippen LogP contribution in [0.3, 0.4) is 0 Å². The van der Waals surface area contributed by atoms with E-state index in [0.29, 0.717) is 16.1 Å². The van der Waals surface area contributed by atoms with Crippen molar-refractivity contribution in [3.05, 3.63) is 64.2 Å². The minimum absolute atomic E-state index is 0.0162. The zero-order chi connectivity index (χ0) is 16.1. The number of benzene rings is 2. The largest absolute Gasteiger partial charge is 0.507 e. The summed E-state index contributed by atoms with van der Waals surface area (Å²) in [7, 11) is 1.30. The first-order valence-electron chi connectivity index (χ1n) is 6.34. The van der Waals surface area contributed by atoms with Crippen molar-refractivity contribution >= 4 is 23.5 Å². The highest BCUT2D eigenvalue weighted by molar-refractivity contribution is 6.30. The van der Waals surface area contributed by atoms with Crippen LogP contribution in [0.4, 0.5) is 0 Å². The van der Waals surface area contributed by atoms with Crippen molar-refractivity contribution < 1.29 is 24.2 Å². The maximum absolute atomic E-state index is 11.9. The Labute approximate surface area is 132 Å². The predicted molar refractivity (Wildman–Crippen MR) is 80.0 cm³/mol. The number of ether oxygens (including phenoxy) is 2. The van der Waals surface area contributed by atoms with Gasteiger partial charge in [0.05, 0.1) is 12.7 Å². The van der Waals surface area contributed by atoms with Gasteiger partial charge in [0.25, 0.3) is 0 Å². The first-order chi connectivity index (χ1) is 10.5. The summed E-state index contributed by atoms with van der Waals surface area (Å²) in [4.78, 5) is 23.2. The third kappa shape index (κ3) is 3.77. The van der Waals surface area contributed by atoms with Gasteiger partial charge in [0, 0.05) is 5.02 Å². The molecule has 2 aromatic carbocycles. The maximum Gasteiger partial charge on any atom is 0.342 e. The average Bonchev–Trinajstić information content (AvgIpc) is 2.52. The van der Waals surface area contributed by atoms with E-state index in [9.17, 15) is 14.7 Å². The minimum atomic E-state index is -0.661. The van der Waals surface area contributed by atoms with Crippen LogP contribution in [-0.2, 0) is 16.1 Å². The molecule has 0 aliphatic rings. The van der Waals surface area contributed by atoms with Gasteiger partial charge in [-0.1, -0.05) is 23.7 Å². The van der Waals surface area contributed by atoms with Crippen molar-refractivity contribution in [2.75, 3.05) is 7.11 Å². The van der Waals surface area contributed by atoms with Crippen LogP contribution >= 0.6 is 11.6 Å². The van der Waals surface area contributed by atoms with E-state index in [1.165, 1.54) is 25.3 Å². The Hall–Kier alpha value is -2.53. The van der Waals surface area contributed by atoms with Crippen LogP contribution in [0, 0.1) is 0 Å². The average molecular weight is 321 g/mol. The molecule has 0 aromatic heterocycles. The van der Waals surface area contributed by atoms with Crippen molar-refractivity contribution in [3.63, 3.8) is 0 Å². The van der Waals surface area contributed by atoms with E-state index in [-0.39, 0.29) is 17.9 Å². The molecule has 0 saturated heterocycles. The van der Waals surface area contributed by atoms with E-state index in [4.69, 9.17) is 16.3 Å². The molecule has 6 heteroatoms. The van der Waals surface area contributed by atoms with Crippen LogP contribution in [0.25, 0.3) is 0 Å². The molecule has 5 nitrogen and oxygen atoms in total. The molecule has 22 heavy (non-hydrogen) atoms. The molecule has 0 bridgehead atoms. The number of phenols is 1. The molecule has 0 aliphatic heterocycles. The Bertz CT molecular complexity index is 694. The van der Waals surface area contributed by atoms with Gasteiger partial charge in [0.15, 0.2) is 0 Å². The van der Waals surface area contributed by atoms with Crippen molar-refractivity contribution in [3.8, 4) is 5.75 Å². The highest BCUT2D eigenvalue weighted by atomic mass is 35.5. The maximum atomic E-state index is 11.9. The zero-order valence-corrected chi connectivity index (χ0v) is 12.5. The number of carbonyl (C=O) groups excluding carboxylic acids is 2. The third-order valence-corrected chi connectivity index (χ3v) is 3.16. The molecule has 0 atom stereocenters. The number of methoxy groups -OCH3 is 1. The fourth-order valence-corrected chi connectivity index (χ4v) is 1.93. The lowest BCUT2D eigenvalue weighted by molar-refractivity contribution is 0.0468. The van der Waals surface area contributed by atoms with Gasteiger partial charge in [-0.3, -0.25) is 0 Å². The number of rotatable bonds is 4. The van der Waals surface area contributed by atoms with Crippen molar-refractivity contribution in [2.45, 2.75) is 6.61 Å². The molecule has 2 rings (SSSR count). The van der Waals surface area contributed by atoms with Crippen LogP contribution in [0.5, 0.6) is 5.75 Å². The SMILES string of the molecule is COC(=O)c1ccc(COC(=O)c2ccc(Cl)cc2O)cc1. The number of phenolic OH excluding ortho intramolecular Hbond substituents is 1. The van der Waals surface area contributed by atoms with Gasteiger partial charge in [-0.05, 0) is 35.9 Å². The number of carbonyl (C=O) groups is 2. The topological polar surface area (TPSA) is 72.8 Å². The molecule has 2 aromatic rings. The smallest absolute Gasteiger partial charge is 0.342 e. The second kappa shape index (κ2) is 6.95. The Morgan fingerprint density at radius 1 is 1.09 bits per heavy atom. The number of hydrogen-bond donors (Lipinski definition) is 1. The van der Waals surface area contributed by atoms with E-state index in [0.717, 1.165) is 0 Å². The van der Waals surface area contributed by atoms with Gasteiger partial charge in [0.2, 0.25) is 0 Å². The summed E-state index contributed by atoms with van der Waals surface area (Å²) in [5.41, 5.74) is 1.15. The standard InChI is InChI=1S/C16H13ClO5/c1-21-15(19)11-4-2-10(3-5-11)9-22-16(20)13-7-6-12(17)8-14(13)18/h2-8,18H,9H2,1H3. The summed E-state index contributed by atoms with van der Waals surface area (Å²) in [5.74, 6) is -1.33. The third-order valence-electron chi connectivity index (χ3n) is 2.92. The monoisotopic (exact) mass is 320 g/mol. The van der Waals surface area contributed by atoms with E-state index >= 15 is 0 Å². The fourth-order valence-electron chi connectivity index (χ4n) is 1.76. The normalized spacial score (nSPS) is 10.1. The highest BCUT2D eigenvalue weighted by Gasteiger charge is 2.13. The Morgan fingerprint density at radius 2 is 1.77 bits per heavy atom. The molecular formula is C16H13ClO5. The van der Waals surface area contributed by atoms with Gasteiger partial charge >= 0.3 is 11.9 Å². The molecular weight excluding hydrogens is 308 g/mol. The Kier molecular flexibility index (Phi) is 5.01. The van der Waals surface area contributed by atoms with Gasteiger partial charge in [-0.15, -0.1) is 0 Å². The number of halogens is 1. The predicted octanol–water partition coefficient (Wildman–Crippen LogP) is 3.19. The summed E-state index contributed by atoms with van der Waals surface area (Å²) in [6.45, 7) is 0.0162. The van der Waals surface area contributed by atoms with E-state index < -0.39 is 11.9 Å². The first kappa shape index (κ1) is 15.9. The number of hydrogen-bond acceptors (Lipinski definition) is 5. The van der Waals surface area contributed by atoms with E-state index in [1.54, 1.807) is 24.3 Å². The van der Waals surface area contributed by atoms with Crippen LogP contribution in [0.2, 0.25) is 5.02 Å². The molecule has 0 radical (unpaired) electrons. The molecule has 114 valence electrons. The van der Waals surface area contributed by atoms with Crippen molar-refractivity contribution in [2.24, 2.45) is 0 Å². The second-order valence-corrected chi connectivity index (χ2v) is 4.86. The summed E-state index contributed by atoms with van der Waals surface area (Å²) < 4.78 is 9.70. The lowest BCUT2D eigenvalue weighted by Crippen LogP contribution is -2.06. The molecule has 0 saturated carbocycles. The lowest BCUT2D eigenvalue weighted by Gasteiger charge is -2.07. The number of esters is 2. The van der Waals surface area contributed by atoms with Crippen LogP contribution < -0.4 is 0 Å². The lowest BCUT2D eigenvalue weighted by atomic mass is 10.1. The first-order valence-corrected chi connectivity index (χ1v) is 6.72. The molecule has 0 spiro atoms. The molecule has 0 aliphatic carbocycles. The zero-order valence-electron chi connectivity index (χ0n) is 11.7. The Balaban J connectivity index is 2.00. The second-order valence-electron chi connectivity index (χ2n) is 4.43. The Morgan fingerprint density at radius 3 is 2.36 bits per heavy atom. The molecule has 0 amide bonds. The van der Waals surface area contributed by atoms with E-state index in [1.807, 2.05) is 0 Å². The quantitative estimate of drug-likeness (QED) is 0.876. The van der Waals surface area contributed by atoms with Gasteiger partial charge in [0.1, 0.15) is 17.9 Å². The summed E-state index contributed by atoms with van der Waals surface area (Å²) in [6, 6.07) is 10.6. The molecule has 1 N–H and O–H groups in total.